The molecule has 20 heavy (non-hydrogen) atoms. The van der Waals surface area contributed by atoms with Gasteiger partial charge in [-0.3, -0.25) is 4.90 Å². The molecule has 2 aliphatic rings. The lowest BCUT2D eigenvalue weighted by Gasteiger charge is -2.36. The highest BCUT2D eigenvalue weighted by molar-refractivity contribution is 5.22. The van der Waals surface area contributed by atoms with Gasteiger partial charge in [-0.15, -0.1) is 0 Å². The van der Waals surface area contributed by atoms with Crippen LogP contribution in [0, 0.1) is 0 Å². The highest BCUT2D eigenvalue weighted by atomic mass is 16.5. The third kappa shape index (κ3) is 2.81. The molecular formula is C15H22N2O3. The number of benzene rings is 1. The number of hydrogen-bond acceptors (Lipinski definition) is 5. The van der Waals surface area contributed by atoms with Crippen molar-refractivity contribution in [3.05, 3.63) is 30.3 Å². The molecule has 0 amide bonds. The molecule has 1 aliphatic heterocycles. The van der Waals surface area contributed by atoms with Gasteiger partial charge < -0.3 is 20.3 Å². The molecule has 1 heterocycles. The summed E-state index contributed by atoms with van der Waals surface area (Å²) in [5.74, 6) is 0.784. The van der Waals surface area contributed by atoms with Gasteiger partial charge in [0.15, 0.2) is 0 Å². The van der Waals surface area contributed by atoms with Crippen LogP contribution in [-0.2, 0) is 4.74 Å². The Hall–Kier alpha value is -1.14. The van der Waals surface area contributed by atoms with E-state index < -0.39 is 6.10 Å². The van der Waals surface area contributed by atoms with Crippen molar-refractivity contribution in [1.29, 1.82) is 0 Å². The topological polar surface area (TPSA) is 68.0 Å². The summed E-state index contributed by atoms with van der Waals surface area (Å²) in [4.78, 5) is 2.23. The van der Waals surface area contributed by atoms with Gasteiger partial charge in [0.25, 0.3) is 0 Å². The van der Waals surface area contributed by atoms with E-state index in [0.29, 0.717) is 19.6 Å². The predicted octanol–water partition coefficient (Wildman–Crippen LogP) is 0.227. The van der Waals surface area contributed by atoms with Crippen LogP contribution in [0.4, 0.5) is 0 Å². The zero-order valence-electron chi connectivity index (χ0n) is 11.5. The molecule has 0 radical (unpaired) electrons. The fourth-order valence-corrected chi connectivity index (χ4v) is 3.17. The molecule has 3 rings (SSSR count). The van der Waals surface area contributed by atoms with Gasteiger partial charge in [0, 0.05) is 25.6 Å². The van der Waals surface area contributed by atoms with Crippen molar-refractivity contribution in [3.8, 4) is 5.75 Å². The van der Waals surface area contributed by atoms with E-state index in [9.17, 15) is 5.11 Å². The van der Waals surface area contributed by atoms with Gasteiger partial charge in [0.2, 0.25) is 0 Å². The summed E-state index contributed by atoms with van der Waals surface area (Å²) in [6, 6.07) is 9.51. The zero-order valence-corrected chi connectivity index (χ0v) is 11.5. The van der Waals surface area contributed by atoms with Gasteiger partial charge in [-0.1, -0.05) is 18.2 Å². The molecule has 2 fully saturated rings. The number of nitrogens with zero attached hydrogens (tertiary/aromatic N) is 1. The minimum atomic E-state index is -0.552. The Kier molecular flexibility index (Phi) is 4.21. The Balaban J connectivity index is 1.66. The number of aliphatic hydroxyl groups is 1. The van der Waals surface area contributed by atoms with Gasteiger partial charge in [-0.2, -0.15) is 0 Å². The van der Waals surface area contributed by atoms with Gasteiger partial charge in [-0.25, -0.2) is 0 Å². The largest absolute Gasteiger partial charge is 0.488 e. The maximum Gasteiger partial charge on any atom is 0.128 e. The van der Waals surface area contributed by atoms with Crippen molar-refractivity contribution in [2.24, 2.45) is 5.73 Å². The lowest BCUT2D eigenvalue weighted by molar-refractivity contribution is -0.0336. The molecule has 0 bridgehead atoms. The van der Waals surface area contributed by atoms with Crippen molar-refractivity contribution in [2.75, 3.05) is 26.3 Å². The Morgan fingerprint density at radius 2 is 1.90 bits per heavy atom. The van der Waals surface area contributed by atoms with E-state index in [2.05, 4.69) is 4.90 Å². The molecule has 0 spiro atoms. The van der Waals surface area contributed by atoms with E-state index in [1.54, 1.807) is 0 Å². The zero-order chi connectivity index (χ0) is 13.9. The van der Waals surface area contributed by atoms with Crippen LogP contribution in [0.2, 0.25) is 0 Å². The summed E-state index contributed by atoms with van der Waals surface area (Å²) in [5.41, 5.74) is 6.22. The van der Waals surface area contributed by atoms with Crippen molar-refractivity contribution in [3.63, 3.8) is 0 Å². The monoisotopic (exact) mass is 278 g/mol. The van der Waals surface area contributed by atoms with Gasteiger partial charge in [0.1, 0.15) is 18.0 Å². The maximum absolute atomic E-state index is 10.5. The number of para-hydroxylation sites is 1. The molecule has 3 N–H and O–H groups in total. The van der Waals surface area contributed by atoms with E-state index >= 15 is 0 Å². The molecule has 1 saturated carbocycles. The average molecular weight is 278 g/mol. The van der Waals surface area contributed by atoms with Crippen LogP contribution in [0.15, 0.2) is 30.3 Å². The third-order valence-corrected chi connectivity index (χ3v) is 4.17. The highest BCUT2D eigenvalue weighted by Gasteiger charge is 2.45. The quantitative estimate of drug-likeness (QED) is 0.828. The highest BCUT2D eigenvalue weighted by Crippen LogP contribution is 2.28. The van der Waals surface area contributed by atoms with Crippen LogP contribution in [0.1, 0.15) is 6.42 Å². The summed E-state index contributed by atoms with van der Waals surface area (Å²) in [7, 11) is 0. The molecule has 0 aromatic heterocycles. The van der Waals surface area contributed by atoms with E-state index in [-0.39, 0.29) is 18.2 Å². The van der Waals surface area contributed by atoms with Crippen LogP contribution in [0.5, 0.6) is 5.75 Å². The molecule has 1 saturated heterocycles. The van der Waals surface area contributed by atoms with E-state index in [1.165, 1.54) is 0 Å². The first-order valence-electron chi connectivity index (χ1n) is 7.23. The molecule has 0 unspecified atom stereocenters. The van der Waals surface area contributed by atoms with Crippen LogP contribution >= 0.6 is 0 Å². The van der Waals surface area contributed by atoms with Gasteiger partial charge >= 0.3 is 0 Å². The van der Waals surface area contributed by atoms with Crippen LogP contribution in [-0.4, -0.2) is 60.6 Å². The lowest BCUT2D eigenvalue weighted by Crippen LogP contribution is -2.54. The summed E-state index contributed by atoms with van der Waals surface area (Å²) < 4.78 is 11.2. The van der Waals surface area contributed by atoms with Crippen molar-refractivity contribution < 1.29 is 14.6 Å². The number of morpholine rings is 1. The second-order valence-electron chi connectivity index (χ2n) is 5.50. The Morgan fingerprint density at radius 1 is 1.20 bits per heavy atom. The number of ether oxygens (including phenoxy) is 2. The second kappa shape index (κ2) is 6.10. The fourth-order valence-electron chi connectivity index (χ4n) is 3.17. The number of nitrogens with two attached hydrogens (primary N) is 1. The molecule has 1 aromatic rings. The number of aliphatic hydroxyl groups excluding tert-OH is 1. The smallest absolute Gasteiger partial charge is 0.128 e. The molecule has 110 valence electrons. The van der Waals surface area contributed by atoms with E-state index in [4.69, 9.17) is 15.2 Å². The molecular weight excluding hydrogens is 256 g/mol. The molecule has 1 aromatic carbocycles. The average Bonchev–Trinajstić information content (AvgIpc) is 2.75. The minimum Gasteiger partial charge on any atom is -0.488 e. The van der Waals surface area contributed by atoms with Crippen molar-refractivity contribution >= 4 is 0 Å². The standard InChI is InChI=1S/C15H22N2O3/c16-12-10-13(20-11-4-2-1-3-5-11)15(18)14(12)17-6-8-19-9-7-17/h1-5,12-15,18H,6-10,16H2/t12-,13-,14+,15+/m1/s1. The fraction of sp³-hybridized carbons (Fsp3) is 0.600. The normalized spacial score (nSPS) is 35.1. The van der Waals surface area contributed by atoms with Crippen LogP contribution in [0.25, 0.3) is 0 Å². The maximum atomic E-state index is 10.5. The van der Waals surface area contributed by atoms with E-state index in [0.717, 1.165) is 18.8 Å². The minimum absolute atomic E-state index is 0.0346. The van der Waals surface area contributed by atoms with Crippen molar-refractivity contribution in [1.82, 2.24) is 4.90 Å². The van der Waals surface area contributed by atoms with Gasteiger partial charge in [-0.05, 0) is 12.1 Å². The van der Waals surface area contributed by atoms with Crippen LogP contribution in [0.3, 0.4) is 0 Å². The molecule has 1 aliphatic carbocycles. The number of hydrogen-bond donors (Lipinski definition) is 2. The first-order chi connectivity index (χ1) is 9.75. The Morgan fingerprint density at radius 3 is 2.60 bits per heavy atom. The summed E-state index contributed by atoms with van der Waals surface area (Å²) in [5, 5.41) is 10.5. The Labute approximate surface area is 119 Å². The number of rotatable bonds is 3. The second-order valence-corrected chi connectivity index (χ2v) is 5.50. The molecule has 5 heteroatoms. The third-order valence-electron chi connectivity index (χ3n) is 4.17. The first kappa shape index (κ1) is 13.8. The first-order valence-corrected chi connectivity index (χ1v) is 7.23. The summed E-state index contributed by atoms with van der Waals surface area (Å²) in [6.07, 6.45) is -0.110. The van der Waals surface area contributed by atoms with Crippen molar-refractivity contribution in [2.45, 2.75) is 30.7 Å². The molecule has 5 nitrogen and oxygen atoms in total. The van der Waals surface area contributed by atoms with Gasteiger partial charge in [0.05, 0.1) is 19.3 Å². The van der Waals surface area contributed by atoms with Crippen LogP contribution < -0.4 is 10.5 Å². The summed E-state index contributed by atoms with van der Waals surface area (Å²) in [6.45, 7) is 3.07. The lowest BCUT2D eigenvalue weighted by atomic mass is 10.1. The Bertz CT molecular complexity index is 422. The molecule has 4 atom stereocenters. The SMILES string of the molecule is N[C@@H]1C[C@@H](Oc2ccccc2)[C@H](O)[C@H]1N1CCOCC1. The van der Waals surface area contributed by atoms with E-state index in [1.807, 2.05) is 30.3 Å². The summed E-state index contributed by atoms with van der Waals surface area (Å²) >= 11 is 0. The predicted molar refractivity (Wildman–Crippen MR) is 75.6 cm³/mol.